The lowest BCUT2D eigenvalue weighted by molar-refractivity contribution is -0.143. The lowest BCUT2D eigenvalue weighted by Gasteiger charge is -2.38. The number of nitrogens with zero attached hydrogens (tertiary/aromatic N) is 6. The lowest BCUT2D eigenvalue weighted by atomic mass is 9.77. The second kappa shape index (κ2) is 14.7. The third-order valence-corrected chi connectivity index (χ3v) is 11.3. The molecule has 1 saturated carbocycles. The molecule has 3 N–H and O–H groups in total. The van der Waals surface area contributed by atoms with E-state index in [1.54, 1.807) is 0 Å². The fraction of sp³-hybridized carbons (Fsp3) is 0.622. The summed E-state index contributed by atoms with van der Waals surface area (Å²) in [7, 11) is 4.08. The molecule has 1 aromatic carbocycles. The summed E-state index contributed by atoms with van der Waals surface area (Å²) in [4.78, 5) is 27.0. The molecule has 1 saturated heterocycles. The Morgan fingerprint density at radius 3 is 2.53 bits per heavy atom. The number of rotatable bonds is 11. The van der Waals surface area contributed by atoms with Crippen LogP contribution in [0, 0.1) is 17.8 Å². The molecular formula is C37H53N7O3. The Morgan fingerprint density at radius 2 is 1.87 bits per heavy atom. The van der Waals surface area contributed by atoms with Gasteiger partial charge >= 0.3 is 5.97 Å². The smallest absolute Gasteiger partial charge is 0.306 e. The summed E-state index contributed by atoms with van der Waals surface area (Å²) >= 11 is 0. The molecule has 10 nitrogen and oxygen atoms in total. The van der Waals surface area contributed by atoms with Crippen LogP contribution in [-0.4, -0.2) is 79.7 Å². The number of likely N-dealkylation sites (tertiary alicyclic amines) is 1. The van der Waals surface area contributed by atoms with Crippen molar-refractivity contribution in [3.63, 3.8) is 0 Å². The van der Waals surface area contributed by atoms with Crippen LogP contribution in [0.1, 0.15) is 93.1 Å². The maximum atomic E-state index is 11.6. The van der Waals surface area contributed by atoms with Gasteiger partial charge in [0.25, 0.3) is 0 Å². The third-order valence-electron chi connectivity index (χ3n) is 11.3. The largest absolute Gasteiger partial charge is 0.481 e. The molecule has 0 radical (unpaired) electrons. The highest BCUT2D eigenvalue weighted by Gasteiger charge is 2.34. The van der Waals surface area contributed by atoms with Crippen LogP contribution in [-0.2, 0) is 24.7 Å². The minimum atomic E-state index is -0.661. The SMILES string of the molecule is CC[C@H](C1CCC(C(=O)O)CC1)N(C)c1nc2c(c(N[C@@H](CN3CC[C@@H](O)[C@H](C)C3)c3cnn(C)c3)n1)C[C@H](c1ccccc1)CC2. The summed E-state index contributed by atoms with van der Waals surface area (Å²) in [5, 5.41) is 28.4. The predicted octanol–water partition coefficient (Wildman–Crippen LogP) is 5.44. The Balaban J connectivity index is 1.33. The number of piperidine rings is 1. The van der Waals surface area contributed by atoms with E-state index >= 15 is 0 Å². The fourth-order valence-electron chi connectivity index (χ4n) is 8.37. The van der Waals surface area contributed by atoms with Crippen LogP contribution >= 0.6 is 0 Å². The van der Waals surface area contributed by atoms with E-state index in [-0.39, 0.29) is 30.0 Å². The van der Waals surface area contributed by atoms with E-state index in [9.17, 15) is 15.0 Å². The van der Waals surface area contributed by atoms with E-state index in [2.05, 4.69) is 77.6 Å². The highest BCUT2D eigenvalue weighted by Crippen LogP contribution is 2.39. The zero-order valence-corrected chi connectivity index (χ0v) is 28.6. The first-order chi connectivity index (χ1) is 22.7. The van der Waals surface area contributed by atoms with Crippen LogP contribution < -0.4 is 10.2 Å². The lowest BCUT2D eigenvalue weighted by Crippen LogP contribution is -2.44. The zero-order chi connectivity index (χ0) is 33.1. The summed E-state index contributed by atoms with van der Waals surface area (Å²) < 4.78 is 1.86. The highest BCUT2D eigenvalue weighted by atomic mass is 16.4. The molecule has 3 aliphatic rings. The van der Waals surface area contributed by atoms with Crippen molar-refractivity contribution < 1.29 is 15.0 Å². The van der Waals surface area contributed by atoms with E-state index in [1.807, 2.05) is 17.9 Å². The first-order valence-corrected chi connectivity index (χ1v) is 17.8. The minimum Gasteiger partial charge on any atom is -0.481 e. The number of carboxylic acid groups (broad SMARTS) is 1. The summed E-state index contributed by atoms with van der Waals surface area (Å²) in [5.74, 6) is 1.82. The number of hydrogen-bond donors (Lipinski definition) is 3. The molecular weight excluding hydrogens is 590 g/mol. The monoisotopic (exact) mass is 643 g/mol. The second-order valence-electron chi connectivity index (χ2n) is 14.4. The standard InChI is InChI=1S/C37H53N7O3/c1-5-33(26-11-13-27(14-12-26)36(46)47)43(4)37-40-31-16-15-28(25-9-7-6-8-10-25)19-30(31)35(41-37)39-32(29-20-38-42(3)22-29)23-44-18-17-34(45)24(2)21-44/h6-10,20,22,24,26-28,32-34,45H,5,11-19,21,23H2,1-4H3,(H,46,47)(H,39,40,41)/t24-,26?,27?,28-,32+,33-,34-/m1/s1. The highest BCUT2D eigenvalue weighted by molar-refractivity contribution is 5.70. The Morgan fingerprint density at radius 1 is 1.11 bits per heavy atom. The molecule has 47 heavy (non-hydrogen) atoms. The summed E-state index contributed by atoms with van der Waals surface area (Å²) in [6, 6.07) is 11.0. The van der Waals surface area contributed by atoms with Crippen molar-refractivity contribution in [1.29, 1.82) is 0 Å². The molecule has 2 aliphatic carbocycles. The Bertz CT molecular complexity index is 1490. The molecule has 2 fully saturated rings. The summed E-state index contributed by atoms with van der Waals surface area (Å²) in [6.45, 7) is 6.86. The van der Waals surface area contributed by atoms with Gasteiger partial charge in [-0.15, -0.1) is 0 Å². The van der Waals surface area contributed by atoms with Gasteiger partial charge in [0.15, 0.2) is 0 Å². The van der Waals surface area contributed by atoms with Crippen LogP contribution in [0.2, 0.25) is 0 Å². The number of fused-ring (bicyclic) bond motifs is 1. The number of aryl methyl sites for hydroxylation is 2. The summed E-state index contributed by atoms with van der Waals surface area (Å²) in [6.07, 6.45) is 11.7. The first kappa shape index (κ1) is 33.4. The van der Waals surface area contributed by atoms with E-state index in [0.29, 0.717) is 11.8 Å². The van der Waals surface area contributed by atoms with Crippen LogP contribution in [0.5, 0.6) is 0 Å². The van der Waals surface area contributed by atoms with Crippen LogP contribution in [0.4, 0.5) is 11.8 Å². The number of carbonyl (C=O) groups is 1. The minimum absolute atomic E-state index is 0.0336. The Kier molecular flexibility index (Phi) is 10.5. The average molecular weight is 644 g/mol. The number of aliphatic carboxylic acids is 1. The van der Waals surface area contributed by atoms with Gasteiger partial charge in [-0.05, 0) is 81.1 Å². The van der Waals surface area contributed by atoms with Crippen molar-refractivity contribution in [2.75, 3.05) is 36.9 Å². The maximum Gasteiger partial charge on any atom is 0.306 e. The van der Waals surface area contributed by atoms with E-state index < -0.39 is 5.97 Å². The average Bonchev–Trinajstić information content (AvgIpc) is 3.52. The summed E-state index contributed by atoms with van der Waals surface area (Å²) in [5.41, 5.74) is 4.80. The maximum absolute atomic E-state index is 11.6. The molecule has 3 aromatic rings. The van der Waals surface area contributed by atoms with Crippen molar-refractivity contribution in [2.45, 2.75) is 95.7 Å². The molecule has 5 atom stereocenters. The molecule has 254 valence electrons. The molecule has 1 aliphatic heterocycles. The Hall–Kier alpha value is -3.50. The van der Waals surface area contributed by atoms with Gasteiger partial charge in [-0.3, -0.25) is 9.48 Å². The molecule has 0 spiro atoms. The quantitative estimate of drug-likeness (QED) is 0.251. The number of aliphatic hydroxyl groups excluding tert-OH is 1. The third kappa shape index (κ3) is 7.64. The van der Waals surface area contributed by atoms with Gasteiger partial charge in [-0.1, -0.05) is 44.2 Å². The molecule has 3 heterocycles. The number of anilines is 2. The second-order valence-corrected chi connectivity index (χ2v) is 14.4. The zero-order valence-electron chi connectivity index (χ0n) is 28.6. The number of aromatic nitrogens is 4. The van der Waals surface area contributed by atoms with Gasteiger partial charge < -0.3 is 25.3 Å². The number of hydrogen-bond acceptors (Lipinski definition) is 8. The normalized spacial score (nSPS) is 26.3. The molecule has 10 heteroatoms. The first-order valence-electron chi connectivity index (χ1n) is 17.8. The van der Waals surface area contributed by atoms with Gasteiger partial charge in [0, 0.05) is 57.1 Å². The Labute approximate surface area is 279 Å². The van der Waals surface area contributed by atoms with Crippen molar-refractivity contribution in [1.82, 2.24) is 24.6 Å². The van der Waals surface area contributed by atoms with Crippen LogP contribution in [0.25, 0.3) is 0 Å². The van der Waals surface area contributed by atoms with Crippen molar-refractivity contribution in [3.8, 4) is 0 Å². The molecule has 2 aromatic heterocycles. The number of nitrogens with one attached hydrogen (secondary N) is 1. The van der Waals surface area contributed by atoms with Gasteiger partial charge in [0.05, 0.1) is 30.0 Å². The van der Waals surface area contributed by atoms with Crippen molar-refractivity contribution in [3.05, 3.63) is 65.1 Å². The predicted molar refractivity (Wildman–Crippen MR) is 185 cm³/mol. The van der Waals surface area contributed by atoms with Crippen molar-refractivity contribution >= 4 is 17.7 Å². The number of aliphatic hydroxyl groups is 1. The molecule has 0 bridgehead atoms. The molecule has 0 amide bonds. The topological polar surface area (TPSA) is 120 Å². The van der Waals surface area contributed by atoms with Gasteiger partial charge in [-0.25, -0.2) is 4.98 Å². The van der Waals surface area contributed by atoms with Crippen molar-refractivity contribution in [2.24, 2.45) is 24.8 Å². The van der Waals surface area contributed by atoms with Crippen LogP contribution in [0.15, 0.2) is 42.7 Å². The number of benzene rings is 1. The van der Waals surface area contributed by atoms with E-state index in [0.717, 1.165) is 100 Å². The van der Waals surface area contributed by atoms with Gasteiger partial charge in [-0.2, -0.15) is 10.1 Å². The van der Waals surface area contributed by atoms with E-state index in [4.69, 9.17) is 9.97 Å². The number of carboxylic acids is 1. The van der Waals surface area contributed by atoms with Crippen LogP contribution in [0.3, 0.4) is 0 Å². The molecule has 6 rings (SSSR count). The van der Waals surface area contributed by atoms with E-state index in [1.165, 1.54) is 11.1 Å². The fourth-order valence-corrected chi connectivity index (χ4v) is 8.37. The van der Waals surface area contributed by atoms with Gasteiger partial charge in [0.2, 0.25) is 5.95 Å². The molecule has 0 unspecified atom stereocenters. The van der Waals surface area contributed by atoms with Gasteiger partial charge in [0.1, 0.15) is 5.82 Å².